The molecule has 1 aromatic carbocycles. The van der Waals surface area contributed by atoms with E-state index in [1.807, 2.05) is 24.3 Å². The summed E-state index contributed by atoms with van der Waals surface area (Å²) in [5, 5.41) is 0.705. The third kappa shape index (κ3) is 2.10. The maximum Gasteiger partial charge on any atom is 0.140 e. The van der Waals surface area contributed by atoms with Crippen LogP contribution in [0.4, 0.5) is 0 Å². The highest BCUT2D eigenvalue weighted by atomic mass is 35.5. The lowest BCUT2D eigenvalue weighted by molar-refractivity contribution is -0.119. The fourth-order valence-corrected chi connectivity index (χ4v) is 1.58. The molecule has 68 valence electrons. The van der Waals surface area contributed by atoms with E-state index >= 15 is 0 Å². The smallest absolute Gasteiger partial charge is 0.140 e. The second-order valence-corrected chi connectivity index (χ2v) is 3.92. The molecule has 1 nitrogen and oxygen atoms in total. The van der Waals surface area contributed by atoms with Crippen molar-refractivity contribution in [1.29, 1.82) is 0 Å². The van der Waals surface area contributed by atoms with Gasteiger partial charge in [-0.15, -0.1) is 0 Å². The van der Waals surface area contributed by atoms with Crippen LogP contribution in [0.25, 0.3) is 0 Å². The summed E-state index contributed by atoms with van der Waals surface area (Å²) >= 11 is 5.94. The number of rotatable bonds is 3. The second-order valence-electron chi connectivity index (χ2n) is 3.51. The Bertz CT molecular complexity index is 329. The van der Waals surface area contributed by atoms with Gasteiger partial charge >= 0.3 is 0 Å². The molecule has 1 saturated carbocycles. The van der Waals surface area contributed by atoms with Crippen molar-refractivity contribution >= 4 is 17.4 Å². The van der Waals surface area contributed by atoms with Crippen LogP contribution in [-0.4, -0.2) is 5.78 Å². The lowest BCUT2D eigenvalue weighted by Crippen LogP contribution is -2.04. The molecule has 1 aromatic rings. The Labute approximate surface area is 82.7 Å². The molecule has 1 fully saturated rings. The molecule has 0 radical (unpaired) electrons. The van der Waals surface area contributed by atoms with Crippen molar-refractivity contribution in [3.05, 3.63) is 34.9 Å². The lowest BCUT2D eigenvalue weighted by atomic mass is 10.1. The minimum atomic E-state index is 0.330. The minimum absolute atomic E-state index is 0.330. The summed E-state index contributed by atoms with van der Waals surface area (Å²) in [4.78, 5) is 11.5. The Morgan fingerprint density at radius 2 is 2.08 bits per heavy atom. The Morgan fingerprint density at radius 3 is 2.69 bits per heavy atom. The number of hydrogen-bond donors (Lipinski definition) is 0. The van der Waals surface area contributed by atoms with Gasteiger partial charge in [-0.1, -0.05) is 29.8 Å². The summed E-state index contributed by atoms with van der Waals surface area (Å²) in [5.41, 5.74) is 0.959. The maximum absolute atomic E-state index is 11.5. The number of hydrogen-bond acceptors (Lipinski definition) is 1. The van der Waals surface area contributed by atoms with Crippen LogP contribution in [0.1, 0.15) is 18.4 Å². The molecule has 0 amide bonds. The van der Waals surface area contributed by atoms with E-state index in [0.29, 0.717) is 23.1 Å². The van der Waals surface area contributed by atoms with Crippen LogP contribution < -0.4 is 0 Å². The molecule has 0 heterocycles. The standard InChI is InChI=1S/C11H11ClO/c12-10-4-2-1-3-9(10)7-11(13)8-5-6-8/h1-4,8H,5-7H2. The minimum Gasteiger partial charge on any atom is -0.299 e. The molecule has 2 heteroatoms. The summed E-state index contributed by atoms with van der Waals surface area (Å²) in [7, 11) is 0. The molecule has 1 aliphatic rings. The van der Waals surface area contributed by atoms with E-state index in [4.69, 9.17) is 11.6 Å². The van der Waals surface area contributed by atoms with Crippen LogP contribution in [0.5, 0.6) is 0 Å². The predicted octanol–water partition coefficient (Wildman–Crippen LogP) is 2.86. The van der Waals surface area contributed by atoms with Gasteiger partial charge in [0.2, 0.25) is 0 Å². The molecule has 0 aromatic heterocycles. The van der Waals surface area contributed by atoms with Gasteiger partial charge in [-0.3, -0.25) is 4.79 Å². The van der Waals surface area contributed by atoms with Crippen molar-refractivity contribution < 1.29 is 4.79 Å². The zero-order chi connectivity index (χ0) is 9.26. The van der Waals surface area contributed by atoms with Crippen LogP contribution in [-0.2, 0) is 11.2 Å². The molecule has 1 aliphatic carbocycles. The molecule has 2 rings (SSSR count). The monoisotopic (exact) mass is 194 g/mol. The highest BCUT2D eigenvalue weighted by Crippen LogP contribution is 2.31. The van der Waals surface area contributed by atoms with Gasteiger partial charge in [-0.05, 0) is 24.5 Å². The Morgan fingerprint density at radius 1 is 1.38 bits per heavy atom. The van der Waals surface area contributed by atoms with E-state index in [-0.39, 0.29) is 0 Å². The fourth-order valence-electron chi connectivity index (χ4n) is 1.38. The first kappa shape index (κ1) is 8.76. The van der Waals surface area contributed by atoms with Gasteiger partial charge < -0.3 is 0 Å². The largest absolute Gasteiger partial charge is 0.299 e. The van der Waals surface area contributed by atoms with Gasteiger partial charge in [0.15, 0.2) is 0 Å². The maximum atomic E-state index is 11.5. The quantitative estimate of drug-likeness (QED) is 0.723. The van der Waals surface area contributed by atoms with Crippen molar-refractivity contribution in [1.82, 2.24) is 0 Å². The number of carbonyl (C=O) groups is 1. The first-order valence-electron chi connectivity index (χ1n) is 4.53. The van der Waals surface area contributed by atoms with Crippen molar-refractivity contribution in [3.8, 4) is 0 Å². The van der Waals surface area contributed by atoms with Crippen molar-refractivity contribution in [2.45, 2.75) is 19.3 Å². The average molecular weight is 195 g/mol. The summed E-state index contributed by atoms with van der Waals surface area (Å²) in [6.45, 7) is 0. The van der Waals surface area contributed by atoms with Crippen molar-refractivity contribution in [2.24, 2.45) is 5.92 Å². The summed E-state index contributed by atoms with van der Waals surface area (Å²) in [6.07, 6.45) is 2.65. The van der Waals surface area contributed by atoms with Crippen molar-refractivity contribution in [2.75, 3.05) is 0 Å². The van der Waals surface area contributed by atoms with E-state index in [0.717, 1.165) is 18.4 Å². The zero-order valence-electron chi connectivity index (χ0n) is 7.29. The molecule has 0 atom stereocenters. The molecule has 0 N–H and O–H groups in total. The van der Waals surface area contributed by atoms with Crippen LogP contribution in [0, 0.1) is 5.92 Å². The highest BCUT2D eigenvalue weighted by Gasteiger charge is 2.29. The normalized spacial score (nSPS) is 15.8. The number of ketones is 1. The number of carbonyl (C=O) groups excluding carboxylic acids is 1. The molecule has 0 spiro atoms. The Balaban J connectivity index is 2.08. The number of benzene rings is 1. The molecule has 0 saturated heterocycles. The Kier molecular flexibility index (Phi) is 2.36. The van der Waals surface area contributed by atoms with Gasteiger partial charge in [-0.25, -0.2) is 0 Å². The first-order valence-corrected chi connectivity index (χ1v) is 4.91. The number of Topliss-reactive ketones (excluding diaryl/α,β-unsaturated/α-hetero) is 1. The number of halogens is 1. The van der Waals surface area contributed by atoms with Gasteiger partial charge in [0, 0.05) is 17.4 Å². The van der Waals surface area contributed by atoms with Crippen LogP contribution >= 0.6 is 11.6 Å². The molecule has 0 unspecified atom stereocenters. The van der Waals surface area contributed by atoms with E-state index in [9.17, 15) is 4.79 Å². The van der Waals surface area contributed by atoms with Gasteiger partial charge in [-0.2, -0.15) is 0 Å². The van der Waals surface area contributed by atoms with Gasteiger partial charge in [0.1, 0.15) is 5.78 Å². The average Bonchev–Trinajstić information content (AvgIpc) is 2.91. The van der Waals surface area contributed by atoms with Crippen LogP contribution in [0.15, 0.2) is 24.3 Å². The summed E-state index contributed by atoms with van der Waals surface area (Å²) in [6, 6.07) is 7.55. The lowest BCUT2D eigenvalue weighted by Gasteiger charge is -2.01. The predicted molar refractivity (Wildman–Crippen MR) is 52.9 cm³/mol. The molecular formula is C11H11ClO. The topological polar surface area (TPSA) is 17.1 Å². The van der Waals surface area contributed by atoms with E-state index in [1.54, 1.807) is 0 Å². The summed E-state index contributed by atoms with van der Waals surface area (Å²) in [5.74, 6) is 0.671. The SMILES string of the molecule is O=C(Cc1ccccc1Cl)C1CC1. The third-order valence-electron chi connectivity index (χ3n) is 2.36. The first-order chi connectivity index (χ1) is 6.27. The molecule has 13 heavy (non-hydrogen) atoms. The van der Waals surface area contributed by atoms with Crippen LogP contribution in [0.2, 0.25) is 5.02 Å². The second kappa shape index (κ2) is 3.51. The third-order valence-corrected chi connectivity index (χ3v) is 2.72. The molecule has 0 bridgehead atoms. The molecule has 0 aliphatic heterocycles. The van der Waals surface area contributed by atoms with Gasteiger partial charge in [0.05, 0.1) is 0 Å². The van der Waals surface area contributed by atoms with Gasteiger partial charge in [0.25, 0.3) is 0 Å². The highest BCUT2D eigenvalue weighted by molar-refractivity contribution is 6.31. The zero-order valence-corrected chi connectivity index (χ0v) is 8.05. The van der Waals surface area contributed by atoms with Crippen LogP contribution in [0.3, 0.4) is 0 Å². The van der Waals surface area contributed by atoms with E-state index < -0.39 is 0 Å². The van der Waals surface area contributed by atoms with E-state index in [1.165, 1.54) is 0 Å². The Hall–Kier alpha value is -0.820. The summed E-state index contributed by atoms with van der Waals surface area (Å²) < 4.78 is 0. The fraction of sp³-hybridized carbons (Fsp3) is 0.364. The molecular weight excluding hydrogens is 184 g/mol. The van der Waals surface area contributed by atoms with Crippen molar-refractivity contribution in [3.63, 3.8) is 0 Å². The van der Waals surface area contributed by atoms with E-state index in [2.05, 4.69) is 0 Å².